The van der Waals surface area contributed by atoms with Crippen molar-refractivity contribution in [1.82, 2.24) is 10.2 Å². The molecular formula is C16H11BrN4O3. The van der Waals surface area contributed by atoms with Crippen LogP contribution in [0.4, 0.5) is 11.4 Å². The Kier molecular flexibility index (Phi) is 3.66. The third kappa shape index (κ3) is 2.61. The van der Waals surface area contributed by atoms with Crippen molar-refractivity contribution < 1.29 is 9.47 Å². The van der Waals surface area contributed by atoms with Crippen LogP contribution in [-0.4, -0.2) is 17.0 Å². The summed E-state index contributed by atoms with van der Waals surface area (Å²) in [7, 11) is 0. The Bertz CT molecular complexity index is 993. The smallest absolute Gasteiger partial charge is 0.292 e. The maximum atomic E-state index is 12.0. The van der Waals surface area contributed by atoms with Gasteiger partial charge in [0.15, 0.2) is 17.2 Å². The zero-order chi connectivity index (χ0) is 16.5. The van der Waals surface area contributed by atoms with Crippen LogP contribution in [0.25, 0.3) is 11.3 Å². The van der Waals surface area contributed by atoms with Gasteiger partial charge in [-0.25, -0.2) is 0 Å². The second-order valence-electron chi connectivity index (χ2n) is 5.02. The molecule has 2 heterocycles. The van der Waals surface area contributed by atoms with Crippen molar-refractivity contribution >= 4 is 27.3 Å². The predicted molar refractivity (Wildman–Crippen MR) is 91.3 cm³/mol. The van der Waals surface area contributed by atoms with Gasteiger partial charge in [-0.2, -0.15) is 0 Å². The van der Waals surface area contributed by atoms with E-state index >= 15 is 0 Å². The molecule has 8 heteroatoms. The first-order chi connectivity index (χ1) is 11.7. The molecule has 7 nitrogen and oxygen atoms in total. The molecule has 0 unspecified atom stereocenters. The van der Waals surface area contributed by atoms with Crippen LogP contribution in [0.15, 0.2) is 62.0 Å². The third-order valence-corrected chi connectivity index (χ3v) is 4.19. The highest BCUT2D eigenvalue weighted by Crippen LogP contribution is 2.37. The van der Waals surface area contributed by atoms with Gasteiger partial charge in [-0.3, -0.25) is 15.0 Å². The molecule has 0 radical (unpaired) electrons. The number of ether oxygens (including phenoxy) is 2. The highest BCUT2D eigenvalue weighted by Gasteiger charge is 2.17. The summed E-state index contributed by atoms with van der Waals surface area (Å²) in [6.45, 7) is 0.192. The van der Waals surface area contributed by atoms with E-state index in [2.05, 4.69) is 36.4 Å². The molecule has 1 aliphatic heterocycles. The van der Waals surface area contributed by atoms with Gasteiger partial charge in [0.1, 0.15) is 0 Å². The maximum Gasteiger partial charge on any atom is 0.292 e. The van der Waals surface area contributed by atoms with Crippen molar-refractivity contribution in [2.45, 2.75) is 0 Å². The average Bonchev–Trinajstić information content (AvgIpc) is 3.20. The van der Waals surface area contributed by atoms with E-state index in [1.165, 1.54) is 0 Å². The van der Waals surface area contributed by atoms with E-state index in [1.54, 1.807) is 18.2 Å². The minimum atomic E-state index is -0.349. The van der Waals surface area contributed by atoms with Gasteiger partial charge in [0, 0.05) is 10.0 Å². The largest absolute Gasteiger partial charge is 0.454 e. The number of aromatic amines is 2. The summed E-state index contributed by atoms with van der Waals surface area (Å²) < 4.78 is 11.5. The summed E-state index contributed by atoms with van der Waals surface area (Å²) in [5.74, 6) is 1.30. The topological polar surface area (TPSA) is 91.8 Å². The molecule has 0 saturated carbocycles. The van der Waals surface area contributed by atoms with Crippen LogP contribution in [0.3, 0.4) is 0 Å². The fraction of sp³-hybridized carbons (Fsp3) is 0.0625. The van der Waals surface area contributed by atoms with Crippen LogP contribution in [0, 0.1) is 0 Å². The van der Waals surface area contributed by atoms with Crippen molar-refractivity contribution in [3.63, 3.8) is 0 Å². The van der Waals surface area contributed by atoms with Gasteiger partial charge in [0.25, 0.3) is 5.56 Å². The lowest BCUT2D eigenvalue weighted by Crippen LogP contribution is -1.96. The number of aromatic nitrogens is 2. The van der Waals surface area contributed by atoms with Crippen molar-refractivity contribution in [3.8, 4) is 22.8 Å². The van der Waals surface area contributed by atoms with E-state index in [-0.39, 0.29) is 18.0 Å². The summed E-state index contributed by atoms with van der Waals surface area (Å²) in [6.07, 6.45) is 0. The van der Waals surface area contributed by atoms with Gasteiger partial charge in [-0.15, -0.1) is 10.2 Å². The van der Waals surface area contributed by atoms with Gasteiger partial charge in [0.2, 0.25) is 6.79 Å². The Morgan fingerprint density at radius 1 is 1.00 bits per heavy atom. The summed E-state index contributed by atoms with van der Waals surface area (Å²) in [4.78, 5) is 12.0. The van der Waals surface area contributed by atoms with Crippen LogP contribution in [-0.2, 0) is 0 Å². The summed E-state index contributed by atoms with van der Waals surface area (Å²) >= 11 is 3.40. The number of rotatable bonds is 3. The Morgan fingerprint density at radius 3 is 2.71 bits per heavy atom. The molecule has 0 fully saturated rings. The molecule has 4 rings (SSSR count). The number of halogens is 1. The lowest BCUT2D eigenvalue weighted by atomic mass is 10.1. The summed E-state index contributed by atoms with van der Waals surface area (Å²) in [6, 6.07) is 12.8. The molecule has 0 amide bonds. The first kappa shape index (κ1) is 14.7. The number of H-pyrrole nitrogens is 2. The minimum Gasteiger partial charge on any atom is -0.454 e. The van der Waals surface area contributed by atoms with Gasteiger partial charge < -0.3 is 9.47 Å². The number of azo groups is 1. The number of nitrogens with zero attached hydrogens (tertiary/aromatic N) is 2. The summed E-state index contributed by atoms with van der Waals surface area (Å²) in [5.41, 5.74) is 1.77. The second-order valence-corrected chi connectivity index (χ2v) is 5.88. The Hall–Kier alpha value is -2.87. The number of nitrogens with one attached hydrogen (secondary N) is 2. The standard InChI is InChI=1S/C16H11BrN4O3/c17-10-3-1-2-4-11(10)18-20-15-14(19-21-16(15)22)9-5-6-12-13(7-9)24-8-23-12/h1-7H,8H2,(H2,19,21,22). The van der Waals surface area contributed by atoms with Gasteiger partial charge in [0.05, 0.1) is 11.4 Å². The molecule has 0 bridgehead atoms. The van der Waals surface area contributed by atoms with Crippen molar-refractivity contribution in [3.05, 3.63) is 57.3 Å². The van der Waals surface area contributed by atoms with Gasteiger partial charge in [-0.05, 0) is 46.3 Å². The molecule has 120 valence electrons. The third-order valence-electron chi connectivity index (χ3n) is 3.52. The van der Waals surface area contributed by atoms with Crippen LogP contribution in [0.5, 0.6) is 11.5 Å². The molecule has 3 aromatic rings. The van der Waals surface area contributed by atoms with E-state index in [4.69, 9.17) is 9.47 Å². The average molecular weight is 387 g/mol. The molecule has 1 aliphatic rings. The second kappa shape index (κ2) is 5.97. The van der Waals surface area contributed by atoms with Crippen LogP contribution in [0.1, 0.15) is 0 Å². The number of hydrogen-bond acceptors (Lipinski definition) is 5. The Labute approximate surface area is 144 Å². The molecule has 0 spiro atoms. The SMILES string of the molecule is O=c1[nH][nH]c(-c2ccc3c(c2)OCO3)c1N=Nc1ccccc1Br. The maximum absolute atomic E-state index is 12.0. The van der Waals surface area contributed by atoms with Crippen LogP contribution in [0.2, 0.25) is 0 Å². The lowest BCUT2D eigenvalue weighted by Gasteiger charge is -2.01. The quantitative estimate of drug-likeness (QED) is 0.658. The van der Waals surface area contributed by atoms with Crippen LogP contribution >= 0.6 is 15.9 Å². The normalized spacial score (nSPS) is 12.9. The molecule has 24 heavy (non-hydrogen) atoms. The predicted octanol–water partition coefficient (Wildman–Crippen LogP) is 4.28. The molecule has 2 N–H and O–H groups in total. The number of benzene rings is 2. The number of fused-ring (bicyclic) bond motifs is 1. The number of hydrogen-bond donors (Lipinski definition) is 2. The fourth-order valence-electron chi connectivity index (χ4n) is 2.34. The first-order valence-electron chi connectivity index (χ1n) is 7.09. The summed E-state index contributed by atoms with van der Waals surface area (Å²) in [5, 5.41) is 13.6. The monoisotopic (exact) mass is 386 g/mol. The lowest BCUT2D eigenvalue weighted by molar-refractivity contribution is 0.174. The van der Waals surface area contributed by atoms with Gasteiger partial charge >= 0.3 is 0 Å². The van der Waals surface area contributed by atoms with E-state index in [0.29, 0.717) is 22.9 Å². The Balaban J connectivity index is 1.74. The Morgan fingerprint density at radius 2 is 1.83 bits per heavy atom. The van der Waals surface area contributed by atoms with E-state index in [0.717, 1.165) is 10.0 Å². The fourth-order valence-corrected chi connectivity index (χ4v) is 2.71. The van der Waals surface area contributed by atoms with Crippen molar-refractivity contribution in [2.75, 3.05) is 6.79 Å². The minimum absolute atomic E-state index is 0.192. The molecule has 0 atom stereocenters. The van der Waals surface area contributed by atoms with Gasteiger partial charge in [-0.1, -0.05) is 12.1 Å². The first-order valence-corrected chi connectivity index (χ1v) is 7.88. The highest BCUT2D eigenvalue weighted by molar-refractivity contribution is 9.10. The zero-order valence-electron chi connectivity index (χ0n) is 12.2. The molecule has 0 saturated heterocycles. The van der Waals surface area contributed by atoms with Crippen molar-refractivity contribution in [1.29, 1.82) is 0 Å². The van der Waals surface area contributed by atoms with Crippen molar-refractivity contribution in [2.24, 2.45) is 10.2 Å². The van der Waals surface area contributed by atoms with E-state index in [1.807, 2.05) is 24.3 Å². The zero-order valence-corrected chi connectivity index (χ0v) is 13.8. The highest BCUT2D eigenvalue weighted by atomic mass is 79.9. The molecule has 2 aromatic carbocycles. The van der Waals surface area contributed by atoms with E-state index in [9.17, 15) is 4.79 Å². The molecule has 1 aromatic heterocycles. The molecular weight excluding hydrogens is 376 g/mol. The van der Waals surface area contributed by atoms with Crippen LogP contribution < -0.4 is 15.0 Å². The van der Waals surface area contributed by atoms with E-state index < -0.39 is 0 Å². The molecule has 0 aliphatic carbocycles.